The van der Waals surface area contributed by atoms with Gasteiger partial charge in [0.2, 0.25) is 0 Å². The van der Waals surface area contributed by atoms with E-state index >= 15 is 0 Å². The smallest absolute Gasteiger partial charge is 0.191 e. The van der Waals surface area contributed by atoms with Crippen LogP contribution in [0.15, 0.2) is 41.4 Å². The average molecular weight is 412 g/mol. The molecule has 0 saturated carbocycles. The van der Waals surface area contributed by atoms with E-state index in [9.17, 15) is 0 Å². The Kier molecular flexibility index (Phi) is 7.97. The molecular weight excluding hydrogens is 378 g/mol. The van der Waals surface area contributed by atoms with Crippen LogP contribution in [0.3, 0.4) is 0 Å². The Morgan fingerprint density at radius 1 is 1.13 bits per heavy atom. The highest BCUT2D eigenvalue weighted by Crippen LogP contribution is 2.24. The van der Waals surface area contributed by atoms with Crippen molar-refractivity contribution in [1.29, 1.82) is 0 Å². The van der Waals surface area contributed by atoms with Crippen LogP contribution < -0.4 is 20.1 Å². The molecular formula is C24H33N3O3. The summed E-state index contributed by atoms with van der Waals surface area (Å²) < 4.78 is 17.0. The zero-order chi connectivity index (χ0) is 21.3. The molecule has 6 nitrogen and oxygen atoms in total. The zero-order valence-electron chi connectivity index (χ0n) is 18.5. The van der Waals surface area contributed by atoms with Gasteiger partial charge in [0, 0.05) is 25.1 Å². The van der Waals surface area contributed by atoms with Gasteiger partial charge in [-0.05, 0) is 49.6 Å². The molecule has 0 bridgehead atoms. The van der Waals surface area contributed by atoms with Gasteiger partial charge in [0.15, 0.2) is 5.96 Å². The first kappa shape index (κ1) is 22.0. The van der Waals surface area contributed by atoms with E-state index in [-0.39, 0.29) is 6.10 Å². The van der Waals surface area contributed by atoms with Crippen LogP contribution in [0.4, 0.5) is 0 Å². The number of aryl methyl sites for hydroxylation is 2. The predicted molar refractivity (Wildman–Crippen MR) is 120 cm³/mol. The molecule has 0 spiro atoms. The Morgan fingerprint density at radius 2 is 2.00 bits per heavy atom. The summed E-state index contributed by atoms with van der Waals surface area (Å²) in [6.45, 7) is 9.65. The average Bonchev–Trinajstić information content (AvgIpc) is 3.24. The van der Waals surface area contributed by atoms with Gasteiger partial charge >= 0.3 is 0 Å². The zero-order valence-corrected chi connectivity index (χ0v) is 18.5. The third kappa shape index (κ3) is 6.13. The first-order chi connectivity index (χ1) is 14.6. The molecule has 0 aromatic heterocycles. The van der Waals surface area contributed by atoms with Crippen molar-refractivity contribution in [2.75, 3.05) is 26.9 Å². The first-order valence-corrected chi connectivity index (χ1v) is 10.6. The number of guanidine groups is 1. The number of hydrogen-bond donors (Lipinski definition) is 2. The van der Waals surface area contributed by atoms with Crippen LogP contribution in [0.5, 0.6) is 11.5 Å². The Bertz CT molecular complexity index is 861. The second-order valence-electron chi connectivity index (χ2n) is 7.57. The van der Waals surface area contributed by atoms with Gasteiger partial charge in [-0.2, -0.15) is 0 Å². The molecule has 6 heteroatoms. The molecule has 162 valence electrons. The van der Waals surface area contributed by atoms with Crippen molar-refractivity contribution in [1.82, 2.24) is 10.6 Å². The Balaban J connectivity index is 1.66. The minimum absolute atomic E-state index is 0.130. The molecule has 1 atom stereocenters. The highest BCUT2D eigenvalue weighted by atomic mass is 16.5. The third-order valence-corrected chi connectivity index (χ3v) is 5.07. The van der Waals surface area contributed by atoms with Gasteiger partial charge in [0.1, 0.15) is 17.6 Å². The summed E-state index contributed by atoms with van der Waals surface area (Å²) in [7, 11) is 1.69. The second-order valence-corrected chi connectivity index (χ2v) is 7.57. The number of methoxy groups -OCH3 is 1. The van der Waals surface area contributed by atoms with Gasteiger partial charge in [-0.3, -0.25) is 0 Å². The van der Waals surface area contributed by atoms with E-state index in [4.69, 9.17) is 19.2 Å². The van der Waals surface area contributed by atoms with E-state index in [2.05, 4.69) is 54.8 Å². The maximum atomic E-state index is 6.21. The van der Waals surface area contributed by atoms with Crippen molar-refractivity contribution in [3.63, 3.8) is 0 Å². The summed E-state index contributed by atoms with van der Waals surface area (Å²) in [5.74, 6) is 2.59. The standard InChI is InChI=1S/C24H33N3O3/c1-5-25-24(26-14-19-7-9-22(28-4)18(3)13-19)27-15-20-8-6-17(2)12-23(20)30-21-10-11-29-16-21/h6-9,12-13,21H,5,10-11,14-16H2,1-4H3,(H2,25,26,27). The van der Waals surface area contributed by atoms with E-state index in [0.29, 0.717) is 19.7 Å². The van der Waals surface area contributed by atoms with Gasteiger partial charge < -0.3 is 24.8 Å². The number of benzene rings is 2. The third-order valence-electron chi connectivity index (χ3n) is 5.07. The molecule has 1 heterocycles. The molecule has 0 aliphatic carbocycles. The summed E-state index contributed by atoms with van der Waals surface area (Å²) in [4.78, 5) is 4.74. The second kappa shape index (κ2) is 10.9. The van der Waals surface area contributed by atoms with Gasteiger partial charge in [0.25, 0.3) is 0 Å². The molecule has 1 saturated heterocycles. The highest BCUT2D eigenvalue weighted by molar-refractivity contribution is 5.79. The van der Waals surface area contributed by atoms with E-state index in [1.165, 1.54) is 5.56 Å². The summed E-state index contributed by atoms with van der Waals surface area (Å²) in [5.41, 5.74) is 4.55. The lowest BCUT2D eigenvalue weighted by Gasteiger charge is -2.18. The van der Waals surface area contributed by atoms with Crippen molar-refractivity contribution in [3.8, 4) is 11.5 Å². The number of hydrogen-bond acceptors (Lipinski definition) is 4. The number of rotatable bonds is 8. The maximum absolute atomic E-state index is 6.21. The van der Waals surface area contributed by atoms with E-state index in [1.54, 1.807) is 7.11 Å². The van der Waals surface area contributed by atoms with Crippen molar-refractivity contribution in [2.24, 2.45) is 4.99 Å². The maximum Gasteiger partial charge on any atom is 0.191 e. The lowest BCUT2D eigenvalue weighted by molar-refractivity contribution is 0.140. The van der Waals surface area contributed by atoms with Crippen molar-refractivity contribution in [2.45, 2.75) is 46.4 Å². The molecule has 2 aromatic rings. The number of aliphatic imine (C=N–C) groups is 1. The molecule has 1 fully saturated rings. The fraction of sp³-hybridized carbons (Fsp3) is 0.458. The molecule has 2 N–H and O–H groups in total. The molecule has 2 aromatic carbocycles. The van der Waals surface area contributed by atoms with Crippen LogP contribution in [0.1, 0.15) is 35.6 Å². The number of nitrogens with one attached hydrogen (secondary N) is 2. The Hall–Kier alpha value is -2.73. The summed E-state index contributed by atoms with van der Waals surface area (Å²) in [6.07, 6.45) is 1.07. The normalized spacial score (nSPS) is 16.4. The van der Waals surface area contributed by atoms with Gasteiger partial charge in [-0.1, -0.05) is 24.3 Å². The van der Waals surface area contributed by atoms with E-state index in [1.807, 2.05) is 13.0 Å². The fourth-order valence-electron chi connectivity index (χ4n) is 3.43. The molecule has 0 amide bonds. The largest absolute Gasteiger partial charge is 0.496 e. The summed E-state index contributed by atoms with van der Waals surface area (Å²) in [6, 6.07) is 12.5. The van der Waals surface area contributed by atoms with Crippen molar-refractivity contribution >= 4 is 5.96 Å². The minimum atomic E-state index is 0.130. The van der Waals surface area contributed by atoms with Gasteiger partial charge in [0.05, 0.1) is 26.9 Å². The predicted octanol–water partition coefficient (Wildman–Crippen LogP) is 3.74. The van der Waals surface area contributed by atoms with Crippen LogP contribution >= 0.6 is 0 Å². The van der Waals surface area contributed by atoms with Gasteiger partial charge in [-0.15, -0.1) is 0 Å². The molecule has 30 heavy (non-hydrogen) atoms. The topological polar surface area (TPSA) is 64.1 Å². The van der Waals surface area contributed by atoms with Crippen LogP contribution in [0, 0.1) is 13.8 Å². The Morgan fingerprint density at radius 3 is 2.70 bits per heavy atom. The summed E-state index contributed by atoms with van der Waals surface area (Å²) in [5, 5.41) is 6.75. The fourth-order valence-corrected chi connectivity index (χ4v) is 3.43. The van der Waals surface area contributed by atoms with Crippen LogP contribution in [0.2, 0.25) is 0 Å². The lowest BCUT2D eigenvalue weighted by atomic mass is 10.1. The summed E-state index contributed by atoms with van der Waals surface area (Å²) >= 11 is 0. The quantitative estimate of drug-likeness (QED) is 0.512. The molecule has 3 rings (SSSR count). The molecule has 0 radical (unpaired) electrons. The Labute approximate surface area is 179 Å². The monoisotopic (exact) mass is 411 g/mol. The molecule has 1 aliphatic heterocycles. The lowest BCUT2D eigenvalue weighted by Crippen LogP contribution is -2.37. The molecule has 1 unspecified atom stereocenters. The van der Waals surface area contributed by atoms with E-state index in [0.717, 1.165) is 53.7 Å². The van der Waals surface area contributed by atoms with Crippen LogP contribution in [-0.2, 0) is 17.8 Å². The SMILES string of the molecule is CCNC(=NCc1ccc(OC)c(C)c1)NCc1ccc(C)cc1OC1CCOC1. The number of nitrogens with zero attached hydrogens (tertiary/aromatic N) is 1. The highest BCUT2D eigenvalue weighted by Gasteiger charge is 2.18. The van der Waals surface area contributed by atoms with Crippen molar-refractivity contribution in [3.05, 3.63) is 58.7 Å². The van der Waals surface area contributed by atoms with E-state index < -0.39 is 0 Å². The van der Waals surface area contributed by atoms with Crippen molar-refractivity contribution < 1.29 is 14.2 Å². The first-order valence-electron chi connectivity index (χ1n) is 10.6. The van der Waals surface area contributed by atoms with Crippen LogP contribution in [-0.4, -0.2) is 38.9 Å². The minimum Gasteiger partial charge on any atom is -0.496 e. The number of ether oxygens (including phenoxy) is 3. The molecule has 1 aliphatic rings. The van der Waals surface area contributed by atoms with Gasteiger partial charge in [-0.25, -0.2) is 4.99 Å². The van der Waals surface area contributed by atoms with Crippen LogP contribution in [0.25, 0.3) is 0 Å².